The Morgan fingerprint density at radius 2 is 1.95 bits per heavy atom. The van der Waals surface area contributed by atoms with E-state index < -0.39 is 5.60 Å². The van der Waals surface area contributed by atoms with Gasteiger partial charge >= 0.3 is 0 Å². The van der Waals surface area contributed by atoms with Gasteiger partial charge in [0.2, 0.25) is 5.91 Å². The highest BCUT2D eigenvalue weighted by Gasteiger charge is 2.32. The van der Waals surface area contributed by atoms with Crippen molar-refractivity contribution in [1.29, 1.82) is 0 Å². The molecule has 20 heavy (non-hydrogen) atoms. The number of rotatable bonds is 4. The fraction of sp³-hybridized carbons (Fsp3) is 0.438. The van der Waals surface area contributed by atoms with E-state index in [9.17, 15) is 9.90 Å². The Morgan fingerprint density at radius 1 is 1.35 bits per heavy atom. The molecular weight excluding hydrogens is 318 g/mol. The normalized spacial score (nSPS) is 17.6. The van der Waals surface area contributed by atoms with Crippen LogP contribution in [0.1, 0.15) is 31.2 Å². The summed E-state index contributed by atoms with van der Waals surface area (Å²) in [4.78, 5) is 13.6. The second kappa shape index (κ2) is 6.55. The Hall–Kier alpha value is -1.13. The van der Waals surface area contributed by atoms with Crippen LogP contribution in [0, 0.1) is 0 Å². The third-order valence-corrected chi connectivity index (χ3v) is 4.26. The van der Waals surface area contributed by atoms with Gasteiger partial charge in [0.15, 0.2) is 0 Å². The van der Waals surface area contributed by atoms with Crippen molar-refractivity contribution in [1.82, 2.24) is 4.90 Å². The van der Waals surface area contributed by atoms with Crippen LogP contribution in [-0.4, -0.2) is 35.1 Å². The van der Waals surface area contributed by atoms with Gasteiger partial charge in [-0.05, 0) is 36.6 Å². The molecule has 1 amide bonds. The SMILES string of the molecule is CN(CC1(O)CCCC1)C(=O)/C=C/c1ccc(Br)cc1. The minimum atomic E-state index is -0.685. The first-order valence-electron chi connectivity index (χ1n) is 6.90. The fourth-order valence-corrected chi connectivity index (χ4v) is 2.84. The van der Waals surface area contributed by atoms with E-state index in [4.69, 9.17) is 0 Å². The second-order valence-corrected chi connectivity index (χ2v) is 6.43. The molecule has 0 unspecified atom stereocenters. The Bertz CT molecular complexity index is 490. The van der Waals surface area contributed by atoms with Gasteiger partial charge in [0.1, 0.15) is 0 Å². The highest BCUT2D eigenvalue weighted by Crippen LogP contribution is 2.29. The van der Waals surface area contributed by atoms with E-state index in [1.54, 1.807) is 24.1 Å². The lowest BCUT2D eigenvalue weighted by atomic mass is 10.0. The molecule has 108 valence electrons. The van der Waals surface area contributed by atoms with Crippen LogP contribution in [0.3, 0.4) is 0 Å². The van der Waals surface area contributed by atoms with Crippen molar-refractivity contribution in [3.05, 3.63) is 40.4 Å². The summed E-state index contributed by atoms with van der Waals surface area (Å²) in [6.45, 7) is 0.413. The number of hydrogen-bond donors (Lipinski definition) is 1. The second-order valence-electron chi connectivity index (χ2n) is 5.51. The van der Waals surface area contributed by atoms with E-state index >= 15 is 0 Å². The molecule has 1 saturated carbocycles. The average Bonchev–Trinajstić information content (AvgIpc) is 2.84. The summed E-state index contributed by atoms with van der Waals surface area (Å²) in [7, 11) is 1.74. The van der Waals surface area contributed by atoms with E-state index in [0.717, 1.165) is 35.7 Å². The minimum Gasteiger partial charge on any atom is -0.388 e. The quantitative estimate of drug-likeness (QED) is 0.857. The molecule has 1 aliphatic carbocycles. The van der Waals surface area contributed by atoms with Gasteiger partial charge in [-0.1, -0.05) is 40.9 Å². The molecule has 1 N–H and O–H groups in total. The van der Waals surface area contributed by atoms with Crippen molar-refractivity contribution in [3.63, 3.8) is 0 Å². The molecule has 1 fully saturated rings. The van der Waals surface area contributed by atoms with Crippen LogP contribution in [0.25, 0.3) is 6.08 Å². The molecular formula is C16H20BrNO2. The smallest absolute Gasteiger partial charge is 0.246 e. The number of carbonyl (C=O) groups excluding carboxylic acids is 1. The van der Waals surface area contributed by atoms with Crippen LogP contribution in [0.5, 0.6) is 0 Å². The van der Waals surface area contributed by atoms with E-state index in [0.29, 0.717) is 6.54 Å². The Balaban J connectivity index is 1.92. The summed E-state index contributed by atoms with van der Waals surface area (Å²) in [6, 6.07) is 7.76. The largest absolute Gasteiger partial charge is 0.388 e. The van der Waals surface area contributed by atoms with Crippen LogP contribution in [0.2, 0.25) is 0 Å². The maximum atomic E-state index is 12.0. The van der Waals surface area contributed by atoms with Crippen LogP contribution >= 0.6 is 15.9 Å². The Morgan fingerprint density at radius 3 is 2.55 bits per heavy atom. The maximum absolute atomic E-state index is 12.0. The molecule has 4 heteroatoms. The van der Waals surface area contributed by atoms with Gasteiger partial charge in [0.25, 0.3) is 0 Å². The maximum Gasteiger partial charge on any atom is 0.246 e. The topological polar surface area (TPSA) is 40.5 Å². The van der Waals surface area contributed by atoms with E-state index in [2.05, 4.69) is 15.9 Å². The van der Waals surface area contributed by atoms with Crippen molar-refractivity contribution in [2.75, 3.05) is 13.6 Å². The number of hydrogen-bond acceptors (Lipinski definition) is 2. The van der Waals surface area contributed by atoms with Crippen molar-refractivity contribution < 1.29 is 9.90 Å². The lowest BCUT2D eigenvalue weighted by molar-refractivity contribution is -0.127. The Kier molecular flexibility index (Phi) is 5.00. The number of halogens is 1. The number of amides is 1. The molecule has 0 saturated heterocycles. The lowest BCUT2D eigenvalue weighted by Crippen LogP contribution is -2.41. The van der Waals surface area contributed by atoms with Crippen LogP contribution in [0.15, 0.2) is 34.8 Å². The van der Waals surface area contributed by atoms with Crippen molar-refractivity contribution in [3.8, 4) is 0 Å². The molecule has 0 heterocycles. The molecule has 0 bridgehead atoms. The highest BCUT2D eigenvalue weighted by molar-refractivity contribution is 9.10. The zero-order valence-electron chi connectivity index (χ0n) is 11.7. The van der Waals surface area contributed by atoms with Gasteiger partial charge in [-0.2, -0.15) is 0 Å². The van der Waals surface area contributed by atoms with Crippen molar-refractivity contribution >= 4 is 27.9 Å². The number of aliphatic hydroxyl groups is 1. The van der Waals surface area contributed by atoms with Crippen LogP contribution in [-0.2, 0) is 4.79 Å². The number of carbonyl (C=O) groups is 1. The third-order valence-electron chi connectivity index (χ3n) is 3.73. The molecule has 3 nitrogen and oxygen atoms in total. The van der Waals surface area contributed by atoms with E-state index in [1.165, 1.54) is 0 Å². The average molecular weight is 338 g/mol. The first-order valence-corrected chi connectivity index (χ1v) is 7.69. The number of nitrogens with zero attached hydrogens (tertiary/aromatic N) is 1. The summed E-state index contributed by atoms with van der Waals surface area (Å²) in [5.41, 5.74) is 0.296. The number of benzene rings is 1. The summed E-state index contributed by atoms with van der Waals surface area (Å²) in [5, 5.41) is 10.3. The van der Waals surface area contributed by atoms with Gasteiger partial charge in [0, 0.05) is 24.1 Å². The lowest BCUT2D eigenvalue weighted by Gasteiger charge is -2.27. The molecule has 0 spiro atoms. The van der Waals surface area contributed by atoms with Gasteiger partial charge in [0.05, 0.1) is 5.60 Å². The first kappa shape index (κ1) is 15.3. The van der Waals surface area contributed by atoms with Gasteiger partial charge in [-0.15, -0.1) is 0 Å². The van der Waals surface area contributed by atoms with Crippen LogP contribution < -0.4 is 0 Å². The summed E-state index contributed by atoms with van der Waals surface area (Å²) >= 11 is 3.38. The van der Waals surface area contributed by atoms with Gasteiger partial charge in [-0.3, -0.25) is 4.79 Å². The molecule has 0 aliphatic heterocycles. The third kappa shape index (κ3) is 4.18. The molecule has 1 aromatic rings. The molecule has 1 aromatic carbocycles. The van der Waals surface area contributed by atoms with Crippen molar-refractivity contribution in [2.24, 2.45) is 0 Å². The standard InChI is InChI=1S/C16H20BrNO2/c1-18(12-16(20)10-2-3-11-16)15(19)9-6-13-4-7-14(17)8-5-13/h4-9,20H,2-3,10-12H2,1H3/b9-6+. The molecule has 2 rings (SSSR count). The predicted octanol–water partition coefficient (Wildman–Crippen LogP) is 3.23. The number of likely N-dealkylation sites (N-methyl/N-ethyl adjacent to an activating group) is 1. The summed E-state index contributed by atoms with van der Waals surface area (Å²) in [5.74, 6) is -0.0757. The monoisotopic (exact) mass is 337 g/mol. The molecule has 0 atom stereocenters. The van der Waals surface area contributed by atoms with E-state index in [1.807, 2.05) is 24.3 Å². The molecule has 0 radical (unpaired) electrons. The zero-order chi connectivity index (χ0) is 14.6. The first-order chi connectivity index (χ1) is 9.48. The van der Waals surface area contributed by atoms with Gasteiger partial charge in [-0.25, -0.2) is 0 Å². The fourth-order valence-electron chi connectivity index (χ4n) is 2.58. The van der Waals surface area contributed by atoms with Crippen LogP contribution in [0.4, 0.5) is 0 Å². The Labute approximate surface area is 128 Å². The molecule has 0 aromatic heterocycles. The highest BCUT2D eigenvalue weighted by atomic mass is 79.9. The predicted molar refractivity (Wildman–Crippen MR) is 84.2 cm³/mol. The molecule has 1 aliphatic rings. The van der Waals surface area contributed by atoms with E-state index in [-0.39, 0.29) is 5.91 Å². The van der Waals surface area contributed by atoms with Gasteiger partial charge < -0.3 is 10.0 Å². The summed E-state index contributed by atoms with van der Waals surface area (Å²) < 4.78 is 1.02. The summed E-state index contributed by atoms with van der Waals surface area (Å²) in [6.07, 6.45) is 7.04. The zero-order valence-corrected chi connectivity index (χ0v) is 13.3. The minimum absolute atomic E-state index is 0.0757. The van der Waals surface area contributed by atoms with Crippen molar-refractivity contribution in [2.45, 2.75) is 31.3 Å².